The van der Waals surface area contributed by atoms with Crippen molar-refractivity contribution in [2.45, 2.75) is 11.3 Å². The summed E-state index contributed by atoms with van der Waals surface area (Å²) >= 11 is 8.23. The molecule has 1 amide bonds. The fraction of sp³-hybridized carbons (Fsp3) is 0.130. The highest BCUT2D eigenvalue weighted by molar-refractivity contribution is 14.1. The average Bonchev–Trinajstić information content (AvgIpc) is 3.23. The number of esters is 1. The Labute approximate surface area is 209 Å². The molecule has 33 heavy (non-hydrogen) atoms. The number of carbonyl (C=O) groups excluding carboxylic acids is 2. The van der Waals surface area contributed by atoms with E-state index < -0.39 is 22.6 Å². The van der Waals surface area contributed by atoms with Gasteiger partial charge in [-0.3, -0.25) is 9.52 Å². The van der Waals surface area contributed by atoms with E-state index in [1.807, 2.05) is 24.3 Å². The number of nitrogens with one attached hydrogen (secondary N) is 1. The van der Waals surface area contributed by atoms with Crippen molar-refractivity contribution in [1.82, 2.24) is 0 Å². The van der Waals surface area contributed by atoms with Crippen molar-refractivity contribution in [3.8, 4) is 0 Å². The second-order valence-corrected chi connectivity index (χ2v) is 10.6. The van der Waals surface area contributed by atoms with Crippen LogP contribution in [-0.2, 0) is 26.0 Å². The topological polar surface area (TPSA) is 92.8 Å². The van der Waals surface area contributed by atoms with E-state index >= 15 is 0 Å². The van der Waals surface area contributed by atoms with E-state index in [4.69, 9.17) is 16.3 Å². The number of amides is 1. The Morgan fingerprint density at radius 1 is 1.06 bits per heavy atom. The molecule has 0 spiro atoms. The van der Waals surface area contributed by atoms with Crippen molar-refractivity contribution in [2.24, 2.45) is 0 Å². The minimum absolute atomic E-state index is 0.0205. The van der Waals surface area contributed by atoms with Crippen LogP contribution >= 0.6 is 34.2 Å². The zero-order chi connectivity index (χ0) is 23.6. The van der Waals surface area contributed by atoms with Crippen LogP contribution in [0.1, 0.15) is 15.9 Å². The van der Waals surface area contributed by atoms with Gasteiger partial charge >= 0.3 is 5.97 Å². The number of para-hydroxylation sites is 1. The molecule has 4 rings (SSSR count). The molecule has 3 aromatic rings. The summed E-state index contributed by atoms with van der Waals surface area (Å²) in [5.74, 6) is -1.25. The third-order valence-corrected chi connectivity index (χ3v) is 7.51. The van der Waals surface area contributed by atoms with Gasteiger partial charge < -0.3 is 9.64 Å². The molecule has 0 aromatic heterocycles. The van der Waals surface area contributed by atoms with Crippen LogP contribution < -0.4 is 9.62 Å². The first-order chi connectivity index (χ1) is 15.7. The lowest BCUT2D eigenvalue weighted by atomic mass is 10.2. The van der Waals surface area contributed by atoms with Crippen molar-refractivity contribution >= 4 is 67.5 Å². The zero-order valence-electron chi connectivity index (χ0n) is 17.1. The predicted octanol–water partition coefficient (Wildman–Crippen LogP) is 4.49. The minimum Gasteiger partial charge on any atom is -0.452 e. The van der Waals surface area contributed by atoms with Crippen molar-refractivity contribution in [2.75, 3.05) is 22.8 Å². The minimum atomic E-state index is -3.97. The summed E-state index contributed by atoms with van der Waals surface area (Å²) in [6.45, 7) is 0.0236. The van der Waals surface area contributed by atoms with Crippen molar-refractivity contribution in [3.63, 3.8) is 0 Å². The van der Waals surface area contributed by atoms with Crippen LogP contribution in [0.4, 0.5) is 11.4 Å². The molecule has 3 aromatic carbocycles. The number of ether oxygens (including phenoxy) is 1. The van der Waals surface area contributed by atoms with Crippen molar-refractivity contribution in [3.05, 3.63) is 86.4 Å². The first-order valence-corrected chi connectivity index (χ1v) is 12.8. The standard InChI is InChI=1S/C23H18ClIN2O5S/c24-20-10-9-18(33(30,31)26-17-7-5-16(25)6-8-17)13-19(20)23(29)32-14-22(28)27-12-11-15-3-1-2-4-21(15)27/h1-10,13,26H,11-12,14H2. The van der Waals surface area contributed by atoms with Gasteiger partial charge in [-0.05, 0) is 83.1 Å². The molecule has 10 heteroatoms. The van der Waals surface area contributed by atoms with Crippen LogP contribution in [0.2, 0.25) is 5.02 Å². The lowest BCUT2D eigenvalue weighted by molar-refractivity contribution is -0.121. The smallest absolute Gasteiger partial charge is 0.340 e. The van der Waals surface area contributed by atoms with E-state index in [-0.39, 0.29) is 21.4 Å². The van der Waals surface area contributed by atoms with Crippen LogP contribution in [0.15, 0.2) is 71.6 Å². The van der Waals surface area contributed by atoms with Gasteiger partial charge in [0.05, 0.1) is 15.5 Å². The summed E-state index contributed by atoms with van der Waals surface area (Å²) in [5, 5.41) is 0.0205. The number of nitrogens with zero attached hydrogens (tertiary/aromatic N) is 1. The lowest BCUT2D eigenvalue weighted by Crippen LogP contribution is -2.33. The van der Waals surface area contributed by atoms with Crippen molar-refractivity contribution < 1.29 is 22.7 Å². The van der Waals surface area contributed by atoms with Crippen LogP contribution in [0, 0.1) is 3.57 Å². The van der Waals surface area contributed by atoms with E-state index in [9.17, 15) is 18.0 Å². The molecule has 0 fully saturated rings. The maximum absolute atomic E-state index is 12.8. The first-order valence-electron chi connectivity index (χ1n) is 9.88. The molecule has 1 N–H and O–H groups in total. The van der Waals surface area contributed by atoms with E-state index in [0.29, 0.717) is 12.2 Å². The summed E-state index contributed by atoms with van der Waals surface area (Å²) in [6, 6.07) is 18.1. The summed E-state index contributed by atoms with van der Waals surface area (Å²) < 4.78 is 34.1. The highest BCUT2D eigenvalue weighted by Gasteiger charge is 2.26. The monoisotopic (exact) mass is 596 g/mol. The van der Waals surface area contributed by atoms with Crippen LogP contribution in [0.5, 0.6) is 0 Å². The van der Waals surface area contributed by atoms with Gasteiger partial charge in [0, 0.05) is 21.5 Å². The van der Waals surface area contributed by atoms with Gasteiger partial charge in [0.1, 0.15) is 0 Å². The molecule has 0 bridgehead atoms. The largest absolute Gasteiger partial charge is 0.452 e. The van der Waals surface area contributed by atoms with Gasteiger partial charge in [-0.25, -0.2) is 13.2 Å². The molecule has 1 heterocycles. The third-order valence-electron chi connectivity index (χ3n) is 5.08. The van der Waals surface area contributed by atoms with Gasteiger partial charge in [-0.1, -0.05) is 29.8 Å². The number of sulfonamides is 1. The molecule has 7 nitrogen and oxygen atoms in total. The number of fused-ring (bicyclic) bond motifs is 1. The van der Waals surface area contributed by atoms with Gasteiger partial charge in [0.2, 0.25) is 0 Å². The van der Waals surface area contributed by atoms with E-state index in [2.05, 4.69) is 27.3 Å². The Kier molecular flexibility index (Phi) is 6.91. The Morgan fingerprint density at radius 2 is 1.79 bits per heavy atom. The Bertz CT molecular complexity index is 1330. The molecule has 0 unspecified atom stereocenters. The maximum Gasteiger partial charge on any atom is 0.340 e. The highest BCUT2D eigenvalue weighted by atomic mass is 127. The average molecular weight is 597 g/mol. The number of anilines is 2. The summed E-state index contributed by atoms with van der Waals surface area (Å²) in [5.41, 5.74) is 2.09. The molecular formula is C23H18ClIN2O5S. The Hall–Kier alpha value is -2.63. The normalized spacial score (nSPS) is 12.8. The fourth-order valence-electron chi connectivity index (χ4n) is 3.44. The molecule has 1 aliphatic heterocycles. The summed E-state index contributed by atoms with van der Waals surface area (Å²) in [6.07, 6.45) is 0.731. The van der Waals surface area contributed by atoms with Crippen LogP contribution in [0.3, 0.4) is 0 Å². The molecule has 0 saturated carbocycles. The predicted molar refractivity (Wildman–Crippen MR) is 134 cm³/mol. The molecule has 0 atom stereocenters. The lowest BCUT2D eigenvalue weighted by Gasteiger charge is -2.17. The SMILES string of the molecule is O=C(OCC(=O)N1CCc2ccccc21)c1cc(S(=O)(=O)Nc2ccc(I)cc2)ccc1Cl. The molecule has 0 radical (unpaired) electrons. The molecule has 0 aliphatic carbocycles. The van der Waals surface area contributed by atoms with Gasteiger partial charge in [0.15, 0.2) is 6.61 Å². The fourth-order valence-corrected chi connectivity index (χ4v) is 5.08. The zero-order valence-corrected chi connectivity index (χ0v) is 20.9. The van der Waals surface area contributed by atoms with Gasteiger partial charge in [0.25, 0.3) is 15.9 Å². The van der Waals surface area contributed by atoms with Crippen molar-refractivity contribution in [1.29, 1.82) is 0 Å². The Morgan fingerprint density at radius 3 is 2.55 bits per heavy atom. The summed E-state index contributed by atoms with van der Waals surface area (Å²) in [4.78, 5) is 26.6. The van der Waals surface area contributed by atoms with Gasteiger partial charge in [-0.15, -0.1) is 0 Å². The number of benzene rings is 3. The number of carbonyl (C=O) groups is 2. The number of hydrogen-bond acceptors (Lipinski definition) is 5. The molecule has 1 aliphatic rings. The molecular weight excluding hydrogens is 579 g/mol. The van der Waals surface area contributed by atoms with Gasteiger partial charge in [-0.2, -0.15) is 0 Å². The first kappa shape index (κ1) is 23.5. The third kappa shape index (κ3) is 5.31. The maximum atomic E-state index is 12.8. The number of rotatable bonds is 6. The molecule has 0 saturated heterocycles. The number of halogens is 2. The van der Waals surface area contributed by atoms with Crippen LogP contribution in [-0.4, -0.2) is 33.4 Å². The quantitative estimate of drug-likeness (QED) is 0.334. The van der Waals surface area contributed by atoms with E-state index in [0.717, 1.165) is 27.3 Å². The second kappa shape index (κ2) is 9.70. The number of hydrogen-bond donors (Lipinski definition) is 1. The van der Waals surface area contributed by atoms with Crippen LogP contribution in [0.25, 0.3) is 0 Å². The molecule has 170 valence electrons. The summed E-state index contributed by atoms with van der Waals surface area (Å²) in [7, 11) is -3.97. The Balaban J connectivity index is 1.46. The van der Waals surface area contributed by atoms with E-state index in [1.54, 1.807) is 29.2 Å². The van der Waals surface area contributed by atoms with E-state index in [1.165, 1.54) is 12.1 Å². The second-order valence-electron chi connectivity index (χ2n) is 7.25. The highest BCUT2D eigenvalue weighted by Crippen LogP contribution is 2.28.